The van der Waals surface area contributed by atoms with Gasteiger partial charge in [0.25, 0.3) is 0 Å². The van der Waals surface area contributed by atoms with Gasteiger partial charge < -0.3 is 10.2 Å². The standard InChI is InChI=1S/C17H20N4O/c1-4-21(11-13(3)10-18)17(22)20-15-9-12(2)8-14-6-5-7-19-16(14)15/h5-9,13H,4,11H2,1-3H3,(H,20,22)/t13-/m0/s1. The maximum Gasteiger partial charge on any atom is 0.321 e. The topological polar surface area (TPSA) is 69.0 Å². The highest BCUT2D eigenvalue weighted by Crippen LogP contribution is 2.23. The zero-order valence-electron chi connectivity index (χ0n) is 13.1. The number of rotatable bonds is 4. The monoisotopic (exact) mass is 296 g/mol. The highest BCUT2D eigenvalue weighted by atomic mass is 16.2. The first-order valence-electron chi connectivity index (χ1n) is 7.36. The Balaban J connectivity index is 2.26. The highest BCUT2D eigenvalue weighted by Gasteiger charge is 2.16. The second kappa shape index (κ2) is 6.90. The minimum atomic E-state index is -0.206. The third-order valence-corrected chi connectivity index (χ3v) is 3.47. The molecule has 5 nitrogen and oxygen atoms in total. The van der Waals surface area contributed by atoms with Crippen LogP contribution in [0, 0.1) is 24.2 Å². The molecule has 0 fully saturated rings. The number of amides is 2. The number of nitrogens with zero attached hydrogens (tertiary/aromatic N) is 3. The molecule has 0 spiro atoms. The van der Waals surface area contributed by atoms with E-state index in [1.807, 2.05) is 38.1 Å². The molecule has 0 aliphatic rings. The maximum atomic E-state index is 12.4. The first-order valence-corrected chi connectivity index (χ1v) is 7.36. The van der Waals surface area contributed by atoms with Gasteiger partial charge in [0.2, 0.25) is 0 Å². The summed E-state index contributed by atoms with van der Waals surface area (Å²) < 4.78 is 0. The Morgan fingerprint density at radius 3 is 2.95 bits per heavy atom. The number of pyridine rings is 1. The van der Waals surface area contributed by atoms with E-state index in [1.165, 1.54) is 0 Å². The van der Waals surface area contributed by atoms with Crippen molar-refractivity contribution in [3.63, 3.8) is 0 Å². The van der Waals surface area contributed by atoms with Crippen molar-refractivity contribution < 1.29 is 4.79 Å². The lowest BCUT2D eigenvalue weighted by molar-refractivity contribution is 0.210. The van der Waals surface area contributed by atoms with Crippen LogP contribution in [0.25, 0.3) is 10.9 Å². The summed E-state index contributed by atoms with van der Waals surface area (Å²) in [6.07, 6.45) is 1.71. The third kappa shape index (κ3) is 3.53. The molecule has 0 unspecified atom stereocenters. The number of carbonyl (C=O) groups excluding carboxylic acids is 1. The number of aromatic nitrogens is 1. The molecule has 0 radical (unpaired) electrons. The fourth-order valence-electron chi connectivity index (χ4n) is 2.36. The van der Waals surface area contributed by atoms with Gasteiger partial charge in [0.05, 0.1) is 23.2 Å². The molecule has 1 N–H and O–H groups in total. The minimum absolute atomic E-state index is 0.196. The van der Waals surface area contributed by atoms with E-state index >= 15 is 0 Å². The molecule has 0 aliphatic heterocycles. The van der Waals surface area contributed by atoms with E-state index in [9.17, 15) is 4.79 Å². The van der Waals surface area contributed by atoms with E-state index in [-0.39, 0.29) is 11.9 Å². The molecule has 2 rings (SSSR count). The number of hydrogen-bond acceptors (Lipinski definition) is 3. The second-order valence-corrected chi connectivity index (χ2v) is 5.39. The van der Waals surface area contributed by atoms with Crippen LogP contribution in [0.1, 0.15) is 19.4 Å². The molecule has 0 saturated heterocycles. The van der Waals surface area contributed by atoms with Crippen LogP contribution in [-0.4, -0.2) is 29.0 Å². The van der Waals surface area contributed by atoms with E-state index in [1.54, 1.807) is 18.0 Å². The number of aryl methyl sites for hydroxylation is 1. The first kappa shape index (κ1) is 15.8. The third-order valence-electron chi connectivity index (χ3n) is 3.47. The molecule has 114 valence electrons. The van der Waals surface area contributed by atoms with Crippen LogP contribution < -0.4 is 5.32 Å². The average Bonchev–Trinajstić information content (AvgIpc) is 2.51. The van der Waals surface area contributed by atoms with Gasteiger partial charge in [0.1, 0.15) is 0 Å². The summed E-state index contributed by atoms with van der Waals surface area (Å²) in [5, 5.41) is 12.8. The fraction of sp³-hybridized carbons (Fsp3) is 0.353. The van der Waals surface area contributed by atoms with Crippen molar-refractivity contribution in [1.82, 2.24) is 9.88 Å². The molecule has 0 bridgehead atoms. The quantitative estimate of drug-likeness (QED) is 0.938. The SMILES string of the molecule is CCN(C[C@@H](C)C#N)C(=O)Nc1cc(C)cc2cccnc12. The van der Waals surface area contributed by atoms with Gasteiger partial charge >= 0.3 is 6.03 Å². The minimum Gasteiger partial charge on any atom is -0.324 e. The normalized spacial score (nSPS) is 11.7. The number of hydrogen-bond donors (Lipinski definition) is 1. The fourth-order valence-corrected chi connectivity index (χ4v) is 2.36. The Bertz CT molecular complexity index is 720. The smallest absolute Gasteiger partial charge is 0.321 e. The Morgan fingerprint density at radius 2 is 2.27 bits per heavy atom. The predicted molar refractivity (Wildman–Crippen MR) is 87.5 cm³/mol. The second-order valence-electron chi connectivity index (χ2n) is 5.39. The van der Waals surface area contributed by atoms with Gasteiger partial charge in [0, 0.05) is 24.7 Å². The molecule has 5 heteroatoms. The number of carbonyl (C=O) groups is 1. The first-order chi connectivity index (χ1) is 10.5. The van der Waals surface area contributed by atoms with Gasteiger partial charge in [-0.3, -0.25) is 4.98 Å². The zero-order valence-corrected chi connectivity index (χ0v) is 13.1. The van der Waals surface area contributed by atoms with Crippen LogP contribution in [0.5, 0.6) is 0 Å². The van der Waals surface area contributed by atoms with Crippen molar-refractivity contribution >= 4 is 22.6 Å². The molecule has 0 saturated carbocycles. The largest absolute Gasteiger partial charge is 0.324 e. The lowest BCUT2D eigenvalue weighted by Crippen LogP contribution is -2.37. The van der Waals surface area contributed by atoms with Crippen molar-refractivity contribution in [3.8, 4) is 6.07 Å². The molecule has 22 heavy (non-hydrogen) atoms. The van der Waals surface area contributed by atoms with Gasteiger partial charge in [-0.1, -0.05) is 6.07 Å². The van der Waals surface area contributed by atoms with E-state index < -0.39 is 0 Å². The van der Waals surface area contributed by atoms with Crippen molar-refractivity contribution in [2.45, 2.75) is 20.8 Å². The molecule has 0 aliphatic carbocycles. The predicted octanol–water partition coefficient (Wildman–Crippen LogP) is 3.56. The lowest BCUT2D eigenvalue weighted by Gasteiger charge is -2.22. The number of fused-ring (bicyclic) bond motifs is 1. The van der Waals surface area contributed by atoms with Gasteiger partial charge in [-0.2, -0.15) is 5.26 Å². The summed E-state index contributed by atoms with van der Waals surface area (Å²) in [6, 6.07) is 9.74. The lowest BCUT2D eigenvalue weighted by atomic mass is 10.1. The van der Waals surface area contributed by atoms with Crippen molar-refractivity contribution in [1.29, 1.82) is 5.26 Å². The number of nitrogens with one attached hydrogen (secondary N) is 1. The van der Waals surface area contributed by atoms with Crippen molar-refractivity contribution in [2.24, 2.45) is 5.92 Å². The van der Waals surface area contributed by atoms with Crippen LogP contribution in [0.15, 0.2) is 30.5 Å². The van der Waals surface area contributed by atoms with Crippen LogP contribution in [-0.2, 0) is 0 Å². The summed E-state index contributed by atoms with van der Waals surface area (Å²) in [7, 11) is 0. The molecule has 1 heterocycles. The van der Waals surface area contributed by atoms with Crippen LogP contribution in [0.3, 0.4) is 0 Å². The highest BCUT2D eigenvalue weighted by molar-refractivity contribution is 6.00. The zero-order chi connectivity index (χ0) is 16.1. The number of nitriles is 1. The van der Waals surface area contributed by atoms with Crippen LogP contribution in [0.4, 0.5) is 10.5 Å². The van der Waals surface area contributed by atoms with E-state index in [4.69, 9.17) is 5.26 Å². The van der Waals surface area contributed by atoms with Gasteiger partial charge in [-0.25, -0.2) is 4.79 Å². The Morgan fingerprint density at radius 1 is 1.50 bits per heavy atom. The molecule has 2 aromatic rings. The number of urea groups is 1. The van der Waals surface area contributed by atoms with Crippen LogP contribution in [0.2, 0.25) is 0 Å². The molecule has 1 aromatic carbocycles. The molecular formula is C17H20N4O. The van der Waals surface area contributed by atoms with Crippen molar-refractivity contribution in [3.05, 3.63) is 36.0 Å². The molecule has 1 aromatic heterocycles. The molecule has 2 amide bonds. The molecular weight excluding hydrogens is 276 g/mol. The van der Waals surface area contributed by atoms with Gasteiger partial charge in [0.15, 0.2) is 0 Å². The summed E-state index contributed by atoms with van der Waals surface area (Å²) in [5.41, 5.74) is 2.53. The van der Waals surface area contributed by atoms with Crippen molar-refractivity contribution in [2.75, 3.05) is 18.4 Å². The van der Waals surface area contributed by atoms with Gasteiger partial charge in [-0.15, -0.1) is 0 Å². The maximum absolute atomic E-state index is 12.4. The summed E-state index contributed by atoms with van der Waals surface area (Å²) >= 11 is 0. The average molecular weight is 296 g/mol. The summed E-state index contributed by atoms with van der Waals surface area (Å²) in [4.78, 5) is 18.4. The summed E-state index contributed by atoms with van der Waals surface area (Å²) in [6.45, 7) is 6.65. The van der Waals surface area contributed by atoms with E-state index in [0.29, 0.717) is 18.8 Å². The number of benzene rings is 1. The Hall–Kier alpha value is -2.61. The van der Waals surface area contributed by atoms with E-state index in [2.05, 4.69) is 16.4 Å². The van der Waals surface area contributed by atoms with E-state index in [0.717, 1.165) is 16.5 Å². The van der Waals surface area contributed by atoms with Crippen LogP contribution >= 0.6 is 0 Å². The molecule has 1 atom stereocenters. The Kier molecular flexibility index (Phi) is 4.95. The Labute approximate surface area is 130 Å². The summed E-state index contributed by atoms with van der Waals surface area (Å²) in [5.74, 6) is -0.196. The van der Waals surface area contributed by atoms with Gasteiger partial charge in [-0.05, 0) is 44.5 Å². The number of anilines is 1.